The van der Waals surface area contributed by atoms with Crippen molar-refractivity contribution in [3.05, 3.63) is 65.6 Å². The van der Waals surface area contributed by atoms with Gasteiger partial charge in [-0.3, -0.25) is 4.98 Å². The standard InChI is InChI=1S/C18H15F3N4/c1-11-5-6-12(2)14(8-11)23-16-9-15(18(19,20)21)24-17(25-16)13-4-3-7-22-10-13/h3-10H,1-2H3,(H,23,24,25). The fourth-order valence-electron chi connectivity index (χ4n) is 2.29. The van der Waals surface area contributed by atoms with Crippen LogP contribution >= 0.6 is 0 Å². The molecule has 0 spiro atoms. The Morgan fingerprint density at radius 1 is 1.00 bits per heavy atom. The molecule has 1 aromatic carbocycles. The molecular formula is C18H15F3N4. The first kappa shape index (κ1) is 16.9. The Morgan fingerprint density at radius 3 is 2.48 bits per heavy atom. The highest BCUT2D eigenvalue weighted by atomic mass is 19.4. The zero-order chi connectivity index (χ0) is 18.0. The highest BCUT2D eigenvalue weighted by Gasteiger charge is 2.34. The highest BCUT2D eigenvalue weighted by molar-refractivity contribution is 5.64. The van der Waals surface area contributed by atoms with Gasteiger partial charge >= 0.3 is 6.18 Å². The van der Waals surface area contributed by atoms with E-state index < -0.39 is 11.9 Å². The normalized spacial score (nSPS) is 11.4. The molecule has 128 valence electrons. The average Bonchev–Trinajstić information content (AvgIpc) is 2.58. The third kappa shape index (κ3) is 3.93. The second-order valence-electron chi connectivity index (χ2n) is 5.64. The van der Waals surface area contributed by atoms with Crippen LogP contribution in [0.1, 0.15) is 16.8 Å². The number of hydrogen-bond donors (Lipinski definition) is 1. The molecule has 3 aromatic rings. The molecule has 0 atom stereocenters. The number of rotatable bonds is 3. The predicted molar refractivity (Wildman–Crippen MR) is 89.5 cm³/mol. The van der Waals surface area contributed by atoms with E-state index in [-0.39, 0.29) is 11.6 Å². The minimum atomic E-state index is -4.57. The van der Waals surface area contributed by atoms with Gasteiger partial charge in [0, 0.05) is 29.7 Å². The first-order valence-corrected chi connectivity index (χ1v) is 7.54. The summed E-state index contributed by atoms with van der Waals surface area (Å²) >= 11 is 0. The molecule has 25 heavy (non-hydrogen) atoms. The minimum Gasteiger partial charge on any atom is -0.340 e. The largest absolute Gasteiger partial charge is 0.433 e. The van der Waals surface area contributed by atoms with Gasteiger partial charge in [0.05, 0.1) is 0 Å². The first-order chi connectivity index (χ1) is 11.8. The second kappa shape index (κ2) is 6.51. The third-order valence-electron chi connectivity index (χ3n) is 3.59. The highest BCUT2D eigenvalue weighted by Crippen LogP contribution is 2.31. The molecule has 2 heterocycles. The number of alkyl halides is 3. The fourth-order valence-corrected chi connectivity index (χ4v) is 2.29. The Kier molecular flexibility index (Phi) is 4.39. The number of aryl methyl sites for hydroxylation is 2. The number of halogens is 3. The second-order valence-corrected chi connectivity index (χ2v) is 5.64. The topological polar surface area (TPSA) is 50.7 Å². The van der Waals surface area contributed by atoms with Crippen molar-refractivity contribution in [1.82, 2.24) is 15.0 Å². The predicted octanol–water partition coefficient (Wildman–Crippen LogP) is 4.92. The van der Waals surface area contributed by atoms with E-state index in [1.165, 1.54) is 12.4 Å². The van der Waals surface area contributed by atoms with E-state index in [1.807, 2.05) is 32.0 Å². The lowest BCUT2D eigenvalue weighted by molar-refractivity contribution is -0.141. The molecule has 0 saturated heterocycles. The van der Waals surface area contributed by atoms with Crippen LogP contribution in [0, 0.1) is 13.8 Å². The van der Waals surface area contributed by atoms with Crippen molar-refractivity contribution in [3.63, 3.8) is 0 Å². The Labute approximate surface area is 142 Å². The van der Waals surface area contributed by atoms with Crippen LogP contribution in [0.5, 0.6) is 0 Å². The van der Waals surface area contributed by atoms with Crippen molar-refractivity contribution >= 4 is 11.5 Å². The van der Waals surface area contributed by atoms with Gasteiger partial charge in [0.25, 0.3) is 0 Å². The molecule has 0 amide bonds. The van der Waals surface area contributed by atoms with Gasteiger partial charge in [0.1, 0.15) is 5.82 Å². The number of nitrogens with zero attached hydrogens (tertiary/aromatic N) is 3. The lowest BCUT2D eigenvalue weighted by Gasteiger charge is -2.13. The molecule has 1 N–H and O–H groups in total. The summed E-state index contributed by atoms with van der Waals surface area (Å²) in [6.45, 7) is 3.78. The number of pyridine rings is 1. The van der Waals surface area contributed by atoms with Crippen LogP contribution < -0.4 is 5.32 Å². The molecule has 0 aliphatic carbocycles. The van der Waals surface area contributed by atoms with Crippen molar-refractivity contribution in [2.45, 2.75) is 20.0 Å². The number of nitrogens with one attached hydrogen (secondary N) is 1. The van der Waals surface area contributed by atoms with E-state index in [0.717, 1.165) is 17.2 Å². The van der Waals surface area contributed by atoms with Crippen LogP contribution in [0.25, 0.3) is 11.4 Å². The smallest absolute Gasteiger partial charge is 0.340 e. The fraction of sp³-hybridized carbons (Fsp3) is 0.167. The molecule has 3 rings (SSSR count). The summed E-state index contributed by atoms with van der Waals surface area (Å²) in [6.07, 6.45) is -1.61. The first-order valence-electron chi connectivity index (χ1n) is 7.54. The number of hydrogen-bond acceptors (Lipinski definition) is 4. The summed E-state index contributed by atoms with van der Waals surface area (Å²) < 4.78 is 39.6. The number of anilines is 2. The zero-order valence-electron chi connectivity index (χ0n) is 13.6. The molecule has 0 unspecified atom stereocenters. The minimum absolute atomic E-state index is 0.0317. The third-order valence-corrected chi connectivity index (χ3v) is 3.59. The van der Waals surface area contributed by atoms with Gasteiger partial charge in [0.15, 0.2) is 11.5 Å². The van der Waals surface area contributed by atoms with Gasteiger partial charge in [-0.25, -0.2) is 9.97 Å². The van der Waals surface area contributed by atoms with Crippen molar-refractivity contribution in [2.75, 3.05) is 5.32 Å². The molecule has 0 radical (unpaired) electrons. The van der Waals surface area contributed by atoms with E-state index in [1.54, 1.807) is 12.1 Å². The number of benzene rings is 1. The molecule has 4 nitrogen and oxygen atoms in total. The molecule has 0 aliphatic heterocycles. The van der Waals surface area contributed by atoms with Gasteiger partial charge in [-0.15, -0.1) is 0 Å². The maximum Gasteiger partial charge on any atom is 0.433 e. The Bertz CT molecular complexity index is 893. The zero-order valence-corrected chi connectivity index (χ0v) is 13.6. The summed E-state index contributed by atoms with van der Waals surface area (Å²) in [6, 6.07) is 9.82. The van der Waals surface area contributed by atoms with E-state index in [4.69, 9.17) is 0 Å². The van der Waals surface area contributed by atoms with Gasteiger partial charge in [-0.1, -0.05) is 12.1 Å². The molecule has 2 aromatic heterocycles. The van der Waals surface area contributed by atoms with Crippen molar-refractivity contribution in [3.8, 4) is 11.4 Å². The van der Waals surface area contributed by atoms with Crippen molar-refractivity contribution in [2.24, 2.45) is 0 Å². The van der Waals surface area contributed by atoms with Crippen LogP contribution in [-0.4, -0.2) is 15.0 Å². The molecule has 0 saturated carbocycles. The lowest BCUT2D eigenvalue weighted by Crippen LogP contribution is -2.11. The van der Waals surface area contributed by atoms with Gasteiger partial charge in [-0.2, -0.15) is 13.2 Å². The van der Waals surface area contributed by atoms with Crippen LogP contribution in [0.3, 0.4) is 0 Å². The molecule has 0 fully saturated rings. The summed E-state index contributed by atoms with van der Waals surface area (Å²) in [4.78, 5) is 11.8. The summed E-state index contributed by atoms with van der Waals surface area (Å²) in [5.41, 5.74) is 2.00. The van der Waals surface area contributed by atoms with Crippen LogP contribution in [0.4, 0.5) is 24.7 Å². The Balaban J connectivity index is 2.08. The van der Waals surface area contributed by atoms with Crippen molar-refractivity contribution < 1.29 is 13.2 Å². The van der Waals surface area contributed by atoms with E-state index in [0.29, 0.717) is 11.3 Å². The van der Waals surface area contributed by atoms with Crippen LogP contribution in [-0.2, 0) is 6.18 Å². The molecule has 0 bridgehead atoms. The monoisotopic (exact) mass is 344 g/mol. The molecular weight excluding hydrogens is 329 g/mol. The molecule has 7 heteroatoms. The van der Waals surface area contributed by atoms with Gasteiger partial charge < -0.3 is 5.32 Å². The average molecular weight is 344 g/mol. The molecule has 0 aliphatic rings. The lowest BCUT2D eigenvalue weighted by atomic mass is 10.1. The Morgan fingerprint density at radius 2 is 1.80 bits per heavy atom. The maximum absolute atomic E-state index is 13.2. The Hall–Kier alpha value is -2.96. The number of aromatic nitrogens is 3. The van der Waals surface area contributed by atoms with E-state index >= 15 is 0 Å². The maximum atomic E-state index is 13.2. The van der Waals surface area contributed by atoms with Gasteiger partial charge in [0.2, 0.25) is 0 Å². The van der Waals surface area contributed by atoms with Gasteiger partial charge in [-0.05, 0) is 43.2 Å². The quantitative estimate of drug-likeness (QED) is 0.733. The van der Waals surface area contributed by atoms with E-state index in [9.17, 15) is 13.2 Å². The van der Waals surface area contributed by atoms with Crippen LogP contribution in [0.15, 0.2) is 48.8 Å². The summed E-state index contributed by atoms with van der Waals surface area (Å²) in [5.74, 6) is 0.0469. The summed E-state index contributed by atoms with van der Waals surface area (Å²) in [7, 11) is 0. The van der Waals surface area contributed by atoms with Crippen molar-refractivity contribution in [1.29, 1.82) is 0 Å². The summed E-state index contributed by atoms with van der Waals surface area (Å²) in [5, 5.41) is 2.96. The van der Waals surface area contributed by atoms with E-state index in [2.05, 4.69) is 20.3 Å². The SMILES string of the molecule is Cc1ccc(C)c(Nc2cc(C(F)(F)F)nc(-c3cccnc3)n2)c1. The van der Waals surface area contributed by atoms with Crippen LogP contribution in [0.2, 0.25) is 0 Å².